The Kier molecular flexibility index (Phi) is 5.42. The number of rotatable bonds is 6. The van der Waals surface area contributed by atoms with Gasteiger partial charge in [0, 0.05) is 23.7 Å². The number of amides is 1. The maximum Gasteiger partial charge on any atom is 0.244 e. The van der Waals surface area contributed by atoms with E-state index in [1.54, 1.807) is 6.08 Å². The average Bonchev–Trinajstić information content (AvgIpc) is 2.95. The third kappa shape index (κ3) is 4.32. The lowest BCUT2D eigenvalue weighted by molar-refractivity contribution is -0.117. The number of thiazole rings is 1. The van der Waals surface area contributed by atoms with Gasteiger partial charge in [-0.25, -0.2) is 4.98 Å². The molecule has 2 heterocycles. The molecule has 2 aromatic heterocycles. The Balaban J connectivity index is 1.96. The molecule has 1 N–H and O–H groups in total. The second-order valence-electron chi connectivity index (χ2n) is 5.56. The molecule has 0 radical (unpaired) electrons. The number of carbonyl (C=O) groups excluding carboxylic acids is 1. The molecular weight excluding hydrogens is 306 g/mol. The molecule has 1 unspecified atom stereocenters. The van der Waals surface area contributed by atoms with Crippen molar-refractivity contribution in [1.82, 2.24) is 14.7 Å². The third-order valence-corrected chi connectivity index (χ3v) is 4.25. The van der Waals surface area contributed by atoms with Gasteiger partial charge in [-0.15, -0.1) is 11.3 Å². The number of fused-ring (bicyclic) bond motifs is 1. The number of aromatic nitrogens is 2. The van der Waals surface area contributed by atoms with Crippen molar-refractivity contribution in [3.63, 3.8) is 0 Å². The quantitative estimate of drug-likeness (QED) is 0.816. The Morgan fingerprint density at radius 2 is 2.24 bits per heavy atom. The maximum atomic E-state index is 11.9. The van der Waals surface area contributed by atoms with E-state index in [1.165, 1.54) is 17.4 Å². The fraction of sp³-hybridized carbons (Fsp3) is 0.467. The van der Waals surface area contributed by atoms with Gasteiger partial charge in [0.1, 0.15) is 0 Å². The van der Waals surface area contributed by atoms with Gasteiger partial charge in [0.05, 0.1) is 5.69 Å². The summed E-state index contributed by atoms with van der Waals surface area (Å²) in [6.07, 6.45) is 7.20. The van der Waals surface area contributed by atoms with Crippen LogP contribution in [0.15, 0.2) is 17.7 Å². The van der Waals surface area contributed by atoms with Crippen LogP contribution in [-0.4, -0.2) is 21.3 Å². The predicted octanol–water partition coefficient (Wildman–Crippen LogP) is 4.00. The number of nitrogens with zero attached hydrogens (tertiary/aromatic N) is 2. The summed E-state index contributed by atoms with van der Waals surface area (Å²) >= 11 is 7.58. The number of hydrogen-bond acceptors (Lipinski definition) is 3. The summed E-state index contributed by atoms with van der Waals surface area (Å²) in [6.45, 7) is 6.39. The summed E-state index contributed by atoms with van der Waals surface area (Å²) in [4.78, 5) is 17.0. The normalized spacial score (nSPS) is 13.4. The molecule has 21 heavy (non-hydrogen) atoms. The van der Waals surface area contributed by atoms with Crippen LogP contribution in [-0.2, 0) is 4.79 Å². The Morgan fingerprint density at radius 3 is 2.95 bits per heavy atom. The summed E-state index contributed by atoms with van der Waals surface area (Å²) in [5, 5.41) is 5.31. The number of imidazole rings is 1. The minimum absolute atomic E-state index is 0.104. The lowest BCUT2D eigenvalue weighted by atomic mass is 10.0. The molecule has 0 saturated carbocycles. The van der Waals surface area contributed by atoms with Crippen molar-refractivity contribution < 1.29 is 4.79 Å². The zero-order chi connectivity index (χ0) is 15.4. The summed E-state index contributed by atoms with van der Waals surface area (Å²) in [7, 11) is 0. The average molecular weight is 326 g/mol. The van der Waals surface area contributed by atoms with E-state index in [0.717, 1.165) is 23.5 Å². The Hall–Kier alpha value is -1.33. The lowest BCUT2D eigenvalue weighted by Crippen LogP contribution is -2.31. The second kappa shape index (κ2) is 7.09. The first-order chi connectivity index (χ1) is 9.97. The van der Waals surface area contributed by atoms with E-state index in [1.807, 2.05) is 22.9 Å². The van der Waals surface area contributed by atoms with Gasteiger partial charge < -0.3 is 5.32 Å². The molecule has 0 aliphatic heterocycles. The van der Waals surface area contributed by atoms with Crippen LogP contribution in [0.4, 0.5) is 0 Å². The smallest absolute Gasteiger partial charge is 0.244 e. The summed E-state index contributed by atoms with van der Waals surface area (Å²) in [5.74, 6) is 0.546. The van der Waals surface area contributed by atoms with Gasteiger partial charge in [-0.3, -0.25) is 9.20 Å². The van der Waals surface area contributed by atoms with Gasteiger partial charge in [0.25, 0.3) is 0 Å². The number of halogens is 1. The summed E-state index contributed by atoms with van der Waals surface area (Å²) < 4.78 is 1.87. The minimum atomic E-state index is -0.104. The van der Waals surface area contributed by atoms with Crippen molar-refractivity contribution in [1.29, 1.82) is 0 Å². The highest BCUT2D eigenvalue weighted by Crippen LogP contribution is 2.22. The van der Waals surface area contributed by atoms with Crippen LogP contribution in [0.2, 0.25) is 5.15 Å². The molecule has 0 aliphatic carbocycles. The van der Waals surface area contributed by atoms with Gasteiger partial charge in [-0.1, -0.05) is 25.4 Å². The highest BCUT2D eigenvalue weighted by molar-refractivity contribution is 7.15. The molecule has 0 aromatic carbocycles. The first-order valence-electron chi connectivity index (χ1n) is 7.07. The van der Waals surface area contributed by atoms with E-state index in [4.69, 9.17) is 11.6 Å². The van der Waals surface area contributed by atoms with Crippen LogP contribution in [0.3, 0.4) is 0 Å². The van der Waals surface area contributed by atoms with Crippen LogP contribution in [0.5, 0.6) is 0 Å². The molecule has 114 valence electrons. The summed E-state index contributed by atoms with van der Waals surface area (Å²) in [6, 6.07) is 0.173. The zero-order valence-electron chi connectivity index (χ0n) is 12.5. The van der Waals surface area contributed by atoms with Crippen LogP contribution < -0.4 is 5.32 Å². The molecule has 0 spiro atoms. The maximum absolute atomic E-state index is 11.9. The number of nitrogens with one attached hydrogen (secondary N) is 1. The van der Waals surface area contributed by atoms with Crippen molar-refractivity contribution in [3.8, 4) is 0 Å². The van der Waals surface area contributed by atoms with Crippen LogP contribution in [0.25, 0.3) is 11.0 Å². The molecule has 0 aliphatic rings. The van der Waals surface area contributed by atoms with Crippen LogP contribution >= 0.6 is 22.9 Å². The van der Waals surface area contributed by atoms with E-state index in [0.29, 0.717) is 11.1 Å². The largest absolute Gasteiger partial charge is 0.350 e. The molecule has 0 fully saturated rings. The number of carbonyl (C=O) groups is 1. The Labute approximate surface area is 133 Å². The van der Waals surface area contributed by atoms with E-state index < -0.39 is 0 Å². The number of hydrogen-bond donors (Lipinski definition) is 1. The van der Waals surface area contributed by atoms with Crippen molar-refractivity contribution in [2.24, 2.45) is 5.92 Å². The third-order valence-electron chi connectivity index (χ3n) is 3.21. The first kappa shape index (κ1) is 16.0. The van der Waals surface area contributed by atoms with Gasteiger partial charge >= 0.3 is 0 Å². The molecule has 0 saturated heterocycles. The fourth-order valence-electron chi connectivity index (χ4n) is 2.03. The molecule has 1 amide bonds. The van der Waals surface area contributed by atoms with Crippen molar-refractivity contribution in [2.75, 3.05) is 0 Å². The van der Waals surface area contributed by atoms with E-state index >= 15 is 0 Å². The van der Waals surface area contributed by atoms with Crippen LogP contribution in [0, 0.1) is 5.92 Å². The van der Waals surface area contributed by atoms with Crippen molar-refractivity contribution >= 4 is 39.9 Å². The van der Waals surface area contributed by atoms with Crippen molar-refractivity contribution in [3.05, 3.63) is 28.5 Å². The molecule has 0 bridgehead atoms. The molecule has 6 heteroatoms. The first-order valence-corrected chi connectivity index (χ1v) is 8.32. The van der Waals surface area contributed by atoms with Gasteiger partial charge in [0.2, 0.25) is 5.91 Å². The molecular formula is C15H20ClN3OS. The predicted molar refractivity (Wildman–Crippen MR) is 88.8 cm³/mol. The van der Waals surface area contributed by atoms with E-state index in [9.17, 15) is 4.79 Å². The summed E-state index contributed by atoms with van der Waals surface area (Å²) in [5.41, 5.74) is 0.734. The Morgan fingerprint density at radius 1 is 1.48 bits per heavy atom. The minimum Gasteiger partial charge on any atom is -0.350 e. The SMILES string of the molecule is CC(C)CCC(C)NC(=O)/C=C/c1c(Cl)nc2sccn12. The van der Waals surface area contributed by atoms with Gasteiger partial charge in [-0.2, -0.15) is 0 Å². The monoisotopic (exact) mass is 325 g/mol. The zero-order valence-corrected chi connectivity index (χ0v) is 14.0. The standard InChI is InChI=1S/C15H20ClN3OS/c1-10(2)4-5-11(3)17-13(20)7-6-12-14(16)18-15-19(12)8-9-21-15/h6-11H,4-5H2,1-3H3,(H,17,20)/b7-6+. The molecule has 1 atom stereocenters. The molecule has 4 nitrogen and oxygen atoms in total. The fourth-order valence-corrected chi connectivity index (χ4v) is 3.03. The van der Waals surface area contributed by atoms with Crippen molar-refractivity contribution in [2.45, 2.75) is 39.7 Å². The lowest BCUT2D eigenvalue weighted by Gasteiger charge is -2.13. The van der Waals surface area contributed by atoms with Gasteiger partial charge in [-0.05, 0) is 31.8 Å². The molecule has 2 rings (SSSR count). The van der Waals surface area contributed by atoms with E-state index in [2.05, 4.69) is 24.1 Å². The highest BCUT2D eigenvalue weighted by atomic mass is 35.5. The topological polar surface area (TPSA) is 46.4 Å². The second-order valence-corrected chi connectivity index (χ2v) is 6.79. The Bertz CT molecular complexity index is 644. The highest BCUT2D eigenvalue weighted by Gasteiger charge is 2.10. The van der Waals surface area contributed by atoms with E-state index in [-0.39, 0.29) is 11.9 Å². The van der Waals surface area contributed by atoms with Crippen LogP contribution in [0.1, 0.15) is 39.3 Å². The van der Waals surface area contributed by atoms with Gasteiger partial charge in [0.15, 0.2) is 10.1 Å². The molecule has 2 aromatic rings.